The van der Waals surface area contributed by atoms with Crippen molar-refractivity contribution in [1.82, 2.24) is 0 Å². The normalized spacial score (nSPS) is 31.5. The molecule has 13 nitrogen and oxygen atoms in total. The van der Waals surface area contributed by atoms with Gasteiger partial charge in [-0.25, -0.2) is 0 Å². The molecule has 1 saturated heterocycles. The monoisotopic (exact) mass is 497 g/mol. The molecule has 1 heterocycles. The number of nitriles is 1. The fourth-order valence-electron chi connectivity index (χ4n) is 3.68. The molecule has 0 radical (unpaired) electrons. The average molecular weight is 497 g/mol. The van der Waals surface area contributed by atoms with Crippen molar-refractivity contribution in [2.75, 3.05) is 6.61 Å². The van der Waals surface area contributed by atoms with E-state index in [0.29, 0.717) is 0 Å². The minimum Gasteiger partial charge on any atom is -0.463 e. The Bertz CT molecular complexity index is 924. The van der Waals surface area contributed by atoms with Gasteiger partial charge in [-0.3, -0.25) is 24.0 Å². The molecule has 0 N–H and O–H groups in total. The zero-order valence-electron chi connectivity index (χ0n) is 19.9. The molecule has 0 amide bonds. The summed E-state index contributed by atoms with van der Waals surface area (Å²) in [5.74, 6) is -3.63. The lowest BCUT2D eigenvalue weighted by atomic mass is 9.97. The summed E-state index contributed by atoms with van der Waals surface area (Å²) in [6.07, 6.45) is -5.11. The van der Waals surface area contributed by atoms with Crippen LogP contribution in [0.2, 0.25) is 0 Å². The molecule has 192 valence electrons. The second kappa shape index (κ2) is 11.8. The molecular formula is C22H27NO12. The van der Waals surface area contributed by atoms with Crippen LogP contribution in [0, 0.1) is 11.3 Å². The van der Waals surface area contributed by atoms with Crippen molar-refractivity contribution in [1.29, 1.82) is 5.26 Å². The van der Waals surface area contributed by atoms with E-state index in [0.717, 1.165) is 27.7 Å². The van der Waals surface area contributed by atoms with Crippen LogP contribution in [0.5, 0.6) is 0 Å². The molecule has 0 unspecified atom stereocenters. The van der Waals surface area contributed by atoms with Gasteiger partial charge in [0.25, 0.3) is 0 Å². The van der Waals surface area contributed by atoms with Crippen molar-refractivity contribution in [3.63, 3.8) is 0 Å². The topological polar surface area (TPSA) is 174 Å². The van der Waals surface area contributed by atoms with Crippen LogP contribution < -0.4 is 0 Å². The van der Waals surface area contributed by atoms with Gasteiger partial charge in [-0.05, 0) is 12.2 Å². The number of esters is 5. The van der Waals surface area contributed by atoms with Crippen LogP contribution in [0.25, 0.3) is 0 Å². The summed E-state index contributed by atoms with van der Waals surface area (Å²) in [7, 11) is 0. The minimum atomic E-state index is -1.68. The first kappa shape index (κ1) is 27.7. The lowest BCUT2D eigenvalue weighted by Gasteiger charge is -2.45. The van der Waals surface area contributed by atoms with Crippen LogP contribution in [0.4, 0.5) is 0 Å². The molecule has 0 aromatic rings. The maximum absolute atomic E-state index is 11.9. The summed E-state index contributed by atoms with van der Waals surface area (Å²) in [4.78, 5) is 58.3. The molecule has 1 aliphatic heterocycles. The SMILES string of the molecule is CC(=O)OC[C@H]1O[C@@H](O[C@@]2(C#N)C=C[C@@H](OC(C)=O)C2)[C@H](OC(C)=O)[C@@H](OC(C)=O)[C@@H]1OC(C)=O. The van der Waals surface area contributed by atoms with Crippen molar-refractivity contribution in [2.45, 2.75) is 83.5 Å². The van der Waals surface area contributed by atoms with E-state index in [2.05, 4.69) is 0 Å². The predicted molar refractivity (Wildman–Crippen MR) is 111 cm³/mol. The molecule has 0 aromatic carbocycles. The van der Waals surface area contributed by atoms with Gasteiger partial charge in [0.2, 0.25) is 6.29 Å². The zero-order chi connectivity index (χ0) is 26.3. The Labute approximate surface area is 201 Å². The first-order chi connectivity index (χ1) is 16.4. The van der Waals surface area contributed by atoms with Gasteiger partial charge >= 0.3 is 29.8 Å². The minimum absolute atomic E-state index is 0.101. The fraction of sp³-hybridized carbons (Fsp3) is 0.636. The Hall–Kier alpha value is -3.50. The predicted octanol–water partition coefficient (Wildman–Crippen LogP) is 0.240. The lowest BCUT2D eigenvalue weighted by molar-refractivity contribution is -0.320. The zero-order valence-corrected chi connectivity index (χ0v) is 19.9. The van der Waals surface area contributed by atoms with Gasteiger partial charge in [0.15, 0.2) is 23.9 Å². The van der Waals surface area contributed by atoms with Crippen LogP contribution in [-0.2, 0) is 57.1 Å². The number of hydrogen-bond donors (Lipinski definition) is 0. The second-order valence-corrected chi connectivity index (χ2v) is 7.90. The van der Waals surface area contributed by atoms with Gasteiger partial charge in [0.1, 0.15) is 24.9 Å². The van der Waals surface area contributed by atoms with Crippen LogP contribution in [0.3, 0.4) is 0 Å². The highest BCUT2D eigenvalue weighted by molar-refractivity contribution is 5.69. The van der Waals surface area contributed by atoms with E-state index in [1.165, 1.54) is 19.1 Å². The molecule has 0 bridgehead atoms. The number of nitrogens with zero attached hydrogens (tertiary/aromatic N) is 1. The first-order valence-electron chi connectivity index (χ1n) is 10.6. The molecule has 13 heteroatoms. The van der Waals surface area contributed by atoms with Gasteiger partial charge in [-0.2, -0.15) is 5.26 Å². The third kappa shape index (κ3) is 7.76. The molecule has 0 aromatic heterocycles. The Kier molecular flexibility index (Phi) is 9.32. The highest BCUT2D eigenvalue weighted by Crippen LogP contribution is 2.36. The smallest absolute Gasteiger partial charge is 0.303 e. The average Bonchev–Trinajstić information content (AvgIpc) is 3.12. The molecule has 1 aliphatic carbocycles. The highest BCUT2D eigenvalue weighted by atomic mass is 16.7. The first-order valence-corrected chi connectivity index (χ1v) is 10.6. The van der Waals surface area contributed by atoms with Crippen molar-refractivity contribution >= 4 is 29.8 Å². The quantitative estimate of drug-likeness (QED) is 0.254. The summed E-state index contributed by atoms with van der Waals surface area (Å²) < 4.78 is 37.8. The molecule has 35 heavy (non-hydrogen) atoms. The van der Waals surface area contributed by atoms with E-state index in [9.17, 15) is 29.2 Å². The number of carbonyl (C=O) groups excluding carboxylic acids is 5. The van der Waals surface area contributed by atoms with E-state index in [4.69, 9.17) is 33.2 Å². The molecule has 2 aliphatic rings. The number of hydrogen-bond acceptors (Lipinski definition) is 13. The summed E-state index contributed by atoms with van der Waals surface area (Å²) in [5, 5.41) is 9.84. The van der Waals surface area contributed by atoms with E-state index in [1.807, 2.05) is 6.07 Å². The van der Waals surface area contributed by atoms with Crippen LogP contribution in [-0.4, -0.2) is 78.9 Å². The third-order valence-corrected chi connectivity index (χ3v) is 4.87. The Morgan fingerprint density at radius 2 is 1.40 bits per heavy atom. The highest BCUT2D eigenvalue weighted by Gasteiger charge is 2.55. The molecule has 2 rings (SSSR count). The maximum Gasteiger partial charge on any atom is 0.303 e. The van der Waals surface area contributed by atoms with E-state index >= 15 is 0 Å². The standard InChI is InChI=1S/C22H27NO12/c1-11(24)29-9-17-18(31-13(3)26)19(32-14(4)27)20(33-15(5)28)21(34-17)35-22(10-23)7-6-16(8-22)30-12(2)25/h6-7,16-21H,8-9H2,1-5H3/t16-,17-,18-,19+,20-,21+,22+/m1/s1. The van der Waals surface area contributed by atoms with Crippen molar-refractivity contribution in [3.05, 3.63) is 12.2 Å². The third-order valence-electron chi connectivity index (χ3n) is 4.87. The van der Waals surface area contributed by atoms with Crippen LogP contribution in [0.15, 0.2) is 12.2 Å². The van der Waals surface area contributed by atoms with Crippen molar-refractivity contribution < 1.29 is 57.1 Å². The van der Waals surface area contributed by atoms with Gasteiger partial charge in [0, 0.05) is 41.0 Å². The van der Waals surface area contributed by atoms with Gasteiger partial charge < -0.3 is 33.2 Å². The summed E-state index contributed by atoms with van der Waals surface area (Å²) in [6, 6.07) is 1.97. The van der Waals surface area contributed by atoms with E-state index < -0.39 is 78.9 Å². The van der Waals surface area contributed by atoms with Crippen molar-refractivity contribution in [3.8, 4) is 6.07 Å². The molecule has 0 spiro atoms. The van der Waals surface area contributed by atoms with Crippen LogP contribution in [0.1, 0.15) is 41.0 Å². The fourth-order valence-corrected chi connectivity index (χ4v) is 3.68. The number of ether oxygens (including phenoxy) is 7. The Balaban J connectivity index is 2.45. The summed E-state index contributed by atoms with van der Waals surface area (Å²) in [6.45, 7) is 5.18. The van der Waals surface area contributed by atoms with E-state index in [1.54, 1.807) is 0 Å². The Morgan fingerprint density at radius 3 is 1.91 bits per heavy atom. The van der Waals surface area contributed by atoms with Crippen molar-refractivity contribution in [2.24, 2.45) is 0 Å². The van der Waals surface area contributed by atoms with Crippen LogP contribution >= 0.6 is 0 Å². The van der Waals surface area contributed by atoms with Gasteiger partial charge in [0.05, 0.1) is 0 Å². The number of carbonyl (C=O) groups is 5. The lowest BCUT2D eigenvalue weighted by Crippen LogP contribution is -2.64. The second-order valence-electron chi connectivity index (χ2n) is 7.90. The molecule has 0 saturated carbocycles. The van der Waals surface area contributed by atoms with Gasteiger partial charge in [-0.1, -0.05) is 0 Å². The summed E-state index contributed by atoms with van der Waals surface area (Å²) in [5.41, 5.74) is -1.68. The Morgan fingerprint density at radius 1 is 0.857 bits per heavy atom. The molecular weight excluding hydrogens is 470 g/mol. The van der Waals surface area contributed by atoms with E-state index in [-0.39, 0.29) is 6.42 Å². The van der Waals surface area contributed by atoms with Gasteiger partial charge in [-0.15, -0.1) is 0 Å². The number of rotatable bonds is 8. The largest absolute Gasteiger partial charge is 0.463 e. The molecule has 7 atom stereocenters. The molecule has 1 fully saturated rings. The summed E-state index contributed by atoms with van der Waals surface area (Å²) >= 11 is 0. The maximum atomic E-state index is 11.9.